The Morgan fingerprint density at radius 1 is 1.15 bits per heavy atom. The summed E-state index contributed by atoms with van der Waals surface area (Å²) in [5.41, 5.74) is 1.02. The molecule has 0 bridgehead atoms. The lowest BCUT2D eigenvalue weighted by molar-refractivity contribution is 0.0928. The maximum Gasteiger partial charge on any atom is 0.270 e. The number of aromatic nitrogens is 2. The second kappa shape index (κ2) is 8.85. The fourth-order valence-electron chi connectivity index (χ4n) is 3.15. The maximum absolute atomic E-state index is 12.5. The number of methoxy groups -OCH3 is 1. The first-order chi connectivity index (χ1) is 12.7. The molecule has 6 nitrogen and oxygen atoms in total. The van der Waals surface area contributed by atoms with Crippen molar-refractivity contribution in [2.45, 2.75) is 44.6 Å². The molecule has 1 amide bonds. The van der Waals surface area contributed by atoms with Gasteiger partial charge in [0.15, 0.2) is 0 Å². The summed E-state index contributed by atoms with van der Waals surface area (Å²) in [5.74, 6) is 0.976. The molecular weight excluding hydrogens is 352 g/mol. The first kappa shape index (κ1) is 18.5. The minimum absolute atomic E-state index is 0.166. The molecule has 3 rings (SSSR count). The summed E-state index contributed by atoms with van der Waals surface area (Å²) in [6.45, 7) is 0. The minimum Gasteiger partial charge on any atom is -0.495 e. The Morgan fingerprint density at radius 2 is 1.92 bits per heavy atom. The van der Waals surface area contributed by atoms with Crippen molar-refractivity contribution in [2.24, 2.45) is 0 Å². The highest BCUT2D eigenvalue weighted by atomic mass is 35.5. The van der Waals surface area contributed by atoms with E-state index in [1.54, 1.807) is 31.4 Å². The van der Waals surface area contributed by atoms with Crippen LogP contribution in [0.3, 0.4) is 0 Å². The molecule has 0 unspecified atom stereocenters. The van der Waals surface area contributed by atoms with E-state index in [-0.39, 0.29) is 11.9 Å². The van der Waals surface area contributed by atoms with Crippen molar-refractivity contribution < 1.29 is 9.53 Å². The van der Waals surface area contributed by atoms with Crippen molar-refractivity contribution >= 4 is 29.0 Å². The van der Waals surface area contributed by atoms with Crippen LogP contribution in [0.4, 0.5) is 11.5 Å². The van der Waals surface area contributed by atoms with Gasteiger partial charge in [-0.3, -0.25) is 4.79 Å². The van der Waals surface area contributed by atoms with Crippen LogP contribution in [0.2, 0.25) is 5.02 Å². The molecule has 2 N–H and O–H groups in total. The normalized spacial score (nSPS) is 15.2. The van der Waals surface area contributed by atoms with Crippen molar-refractivity contribution in [2.75, 3.05) is 12.4 Å². The average Bonchev–Trinajstić information content (AvgIpc) is 2.91. The highest BCUT2D eigenvalue weighted by molar-refractivity contribution is 6.31. The number of anilines is 2. The van der Waals surface area contributed by atoms with Crippen molar-refractivity contribution in [3.8, 4) is 5.75 Å². The van der Waals surface area contributed by atoms with Crippen LogP contribution in [0.15, 0.2) is 30.6 Å². The lowest BCUT2D eigenvalue weighted by Crippen LogP contribution is -2.34. The van der Waals surface area contributed by atoms with Crippen LogP contribution >= 0.6 is 11.6 Å². The Kier molecular flexibility index (Phi) is 6.28. The largest absolute Gasteiger partial charge is 0.495 e. The number of ether oxygens (including phenoxy) is 1. The van der Waals surface area contributed by atoms with E-state index < -0.39 is 0 Å². The number of carbonyl (C=O) groups excluding carboxylic acids is 1. The van der Waals surface area contributed by atoms with Gasteiger partial charge < -0.3 is 15.4 Å². The summed E-state index contributed by atoms with van der Waals surface area (Å²) in [6, 6.07) is 7.12. The summed E-state index contributed by atoms with van der Waals surface area (Å²) < 4.78 is 5.32. The fourth-order valence-corrected chi connectivity index (χ4v) is 3.32. The molecule has 26 heavy (non-hydrogen) atoms. The third kappa shape index (κ3) is 4.85. The second-order valence-corrected chi connectivity index (χ2v) is 6.86. The lowest BCUT2D eigenvalue weighted by atomic mass is 10.1. The average molecular weight is 375 g/mol. The van der Waals surface area contributed by atoms with Gasteiger partial charge in [0.1, 0.15) is 23.6 Å². The summed E-state index contributed by atoms with van der Waals surface area (Å²) in [7, 11) is 1.58. The molecule has 0 spiro atoms. The Bertz CT molecular complexity index is 761. The highest BCUT2D eigenvalue weighted by Crippen LogP contribution is 2.30. The monoisotopic (exact) mass is 374 g/mol. The third-order valence-electron chi connectivity index (χ3n) is 4.51. The Morgan fingerprint density at radius 3 is 2.65 bits per heavy atom. The van der Waals surface area contributed by atoms with Crippen molar-refractivity contribution in [3.63, 3.8) is 0 Å². The predicted octanol–water partition coefficient (Wildman–Crippen LogP) is 4.33. The second-order valence-electron chi connectivity index (χ2n) is 6.42. The topological polar surface area (TPSA) is 76.1 Å². The number of benzene rings is 1. The van der Waals surface area contributed by atoms with E-state index in [0.29, 0.717) is 28.0 Å². The smallest absolute Gasteiger partial charge is 0.270 e. The van der Waals surface area contributed by atoms with E-state index in [1.165, 1.54) is 19.2 Å². The van der Waals surface area contributed by atoms with Gasteiger partial charge in [-0.15, -0.1) is 0 Å². The number of hydrogen-bond donors (Lipinski definition) is 2. The van der Waals surface area contributed by atoms with Crippen molar-refractivity contribution in [1.29, 1.82) is 0 Å². The predicted molar refractivity (Wildman–Crippen MR) is 102 cm³/mol. The van der Waals surface area contributed by atoms with E-state index in [2.05, 4.69) is 20.6 Å². The number of carbonyl (C=O) groups is 1. The summed E-state index contributed by atoms with van der Waals surface area (Å²) >= 11 is 6.05. The minimum atomic E-state index is -0.166. The van der Waals surface area contributed by atoms with Crippen LogP contribution in [0.25, 0.3) is 0 Å². The summed E-state index contributed by atoms with van der Waals surface area (Å²) in [5, 5.41) is 6.81. The highest BCUT2D eigenvalue weighted by Gasteiger charge is 2.17. The van der Waals surface area contributed by atoms with E-state index >= 15 is 0 Å². The molecule has 2 aromatic rings. The number of nitrogens with one attached hydrogen (secondary N) is 2. The molecule has 0 atom stereocenters. The SMILES string of the molecule is COc1ccc(Cl)cc1Nc1cc(C(=O)NC2CCCCCC2)ncn1. The molecule has 1 aliphatic rings. The molecular formula is C19H23ClN4O2. The molecule has 1 fully saturated rings. The number of amides is 1. The van der Waals surface area contributed by atoms with Gasteiger partial charge in [0, 0.05) is 17.1 Å². The van der Waals surface area contributed by atoms with Crippen LogP contribution in [0, 0.1) is 0 Å². The molecule has 138 valence electrons. The van der Waals surface area contributed by atoms with Gasteiger partial charge in [0.25, 0.3) is 5.91 Å². The van der Waals surface area contributed by atoms with Gasteiger partial charge in [-0.25, -0.2) is 9.97 Å². The van der Waals surface area contributed by atoms with Gasteiger partial charge in [0.05, 0.1) is 12.8 Å². The van der Waals surface area contributed by atoms with Gasteiger partial charge in [-0.05, 0) is 31.0 Å². The zero-order valence-corrected chi connectivity index (χ0v) is 15.6. The standard InChI is InChI=1S/C19H23ClN4O2/c1-26-17-9-8-13(20)10-15(17)24-18-11-16(21-12-22-18)19(25)23-14-6-4-2-3-5-7-14/h8-12,14H,2-7H2,1H3,(H,23,25)(H,21,22,24). The van der Waals surface area contributed by atoms with Crippen LogP contribution in [-0.2, 0) is 0 Å². The van der Waals surface area contributed by atoms with Crippen LogP contribution < -0.4 is 15.4 Å². The van der Waals surface area contributed by atoms with E-state index in [0.717, 1.165) is 25.7 Å². The van der Waals surface area contributed by atoms with E-state index in [1.807, 2.05) is 0 Å². The molecule has 1 aromatic carbocycles. The van der Waals surface area contributed by atoms with Crippen LogP contribution in [-0.4, -0.2) is 29.0 Å². The Hall–Kier alpha value is -2.34. The molecule has 1 heterocycles. The first-order valence-electron chi connectivity index (χ1n) is 8.89. The van der Waals surface area contributed by atoms with Gasteiger partial charge in [-0.1, -0.05) is 37.3 Å². The van der Waals surface area contributed by atoms with E-state index in [4.69, 9.17) is 16.3 Å². The quantitative estimate of drug-likeness (QED) is 0.761. The van der Waals surface area contributed by atoms with E-state index in [9.17, 15) is 4.79 Å². The van der Waals surface area contributed by atoms with Gasteiger partial charge in [0.2, 0.25) is 0 Å². The number of nitrogens with zero attached hydrogens (tertiary/aromatic N) is 2. The summed E-state index contributed by atoms with van der Waals surface area (Å²) in [4.78, 5) is 20.8. The summed E-state index contributed by atoms with van der Waals surface area (Å²) in [6.07, 6.45) is 8.25. The zero-order chi connectivity index (χ0) is 18.4. The molecule has 0 radical (unpaired) electrons. The molecule has 0 saturated heterocycles. The fraction of sp³-hybridized carbons (Fsp3) is 0.421. The molecule has 7 heteroatoms. The zero-order valence-electron chi connectivity index (χ0n) is 14.8. The van der Waals surface area contributed by atoms with Crippen molar-refractivity contribution in [1.82, 2.24) is 15.3 Å². The maximum atomic E-state index is 12.5. The number of hydrogen-bond acceptors (Lipinski definition) is 5. The van der Waals surface area contributed by atoms with Gasteiger partial charge >= 0.3 is 0 Å². The Labute approximate surface area is 158 Å². The number of halogens is 1. The third-order valence-corrected chi connectivity index (χ3v) is 4.75. The first-order valence-corrected chi connectivity index (χ1v) is 9.27. The Balaban J connectivity index is 1.71. The number of rotatable bonds is 5. The van der Waals surface area contributed by atoms with Crippen LogP contribution in [0.5, 0.6) is 5.75 Å². The molecule has 1 aliphatic carbocycles. The lowest BCUT2D eigenvalue weighted by Gasteiger charge is -2.16. The van der Waals surface area contributed by atoms with Crippen LogP contribution in [0.1, 0.15) is 49.0 Å². The van der Waals surface area contributed by atoms with Crippen molar-refractivity contribution in [3.05, 3.63) is 41.3 Å². The molecule has 1 aromatic heterocycles. The molecule has 0 aliphatic heterocycles. The molecule has 1 saturated carbocycles. The van der Waals surface area contributed by atoms with Gasteiger partial charge in [-0.2, -0.15) is 0 Å².